The first kappa shape index (κ1) is 14.4. The molecule has 21 heavy (non-hydrogen) atoms. The van der Waals surface area contributed by atoms with Gasteiger partial charge in [-0.2, -0.15) is 11.8 Å². The van der Waals surface area contributed by atoms with E-state index in [-0.39, 0.29) is 0 Å². The molecule has 0 atom stereocenters. The maximum Gasteiger partial charge on any atom is 0.251 e. The van der Waals surface area contributed by atoms with E-state index in [0.29, 0.717) is 11.4 Å². The van der Waals surface area contributed by atoms with Crippen LogP contribution in [-0.2, 0) is 5.75 Å². The Morgan fingerprint density at radius 1 is 1.38 bits per heavy atom. The van der Waals surface area contributed by atoms with Crippen LogP contribution in [0.4, 0.5) is 5.82 Å². The van der Waals surface area contributed by atoms with E-state index in [9.17, 15) is 4.79 Å². The fourth-order valence-corrected chi connectivity index (χ4v) is 4.88. The van der Waals surface area contributed by atoms with Gasteiger partial charge in [0.1, 0.15) is 5.82 Å². The molecule has 0 spiro atoms. The molecular weight excluding hydrogens is 322 g/mol. The monoisotopic (exact) mass is 335 g/mol. The molecule has 3 heterocycles. The number of nitrogen functional groups attached to an aromatic ring is 1. The van der Waals surface area contributed by atoms with Gasteiger partial charge in [-0.15, -0.1) is 22.7 Å². The van der Waals surface area contributed by atoms with Crippen molar-refractivity contribution in [3.8, 4) is 9.75 Å². The highest BCUT2D eigenvalue weighted by molar-refractivity contribution is 7.97. The summed E-state index contributed by atoms with van der Waals surface area (Å²) < 4.78 is 0.810. The maximum atomic E-state index is 11.5. The number of aromatic nitrogens is 1. The predicted octanol–water partition coefficient (Wildman–Crippen LogP) is 3.57. The van der Waals surface area contributed by atoms with E-state index in [1.165, 1.54) is 28.0 Å². The molecule has 3 rings (SSSR count). The largest absolute Gasteiger partial charge is 0.383 e. The van der Waals surface area contributed by atoms with Crippen LogP contribution in [0.2, 0.25) is 0 Å². The molecule has 4 N–H and O–H groups in total. The van der Waals surface area contributed by atoms with Crippen molar-refractivity contribution in [1.82, 2.24) is 4.98 Å². The van der Waals surface area contributed by atoms with E-state index in [4.69, 9.17) is 11.5 Å². The van der Waals surface area contributed by atoms with Crippen LogP contribution in [-0.4, -0.2) is 17.1 Å². The Labute approximate surface area is 134 Å². The first-order chi connectivity index (χ1) is 10.1. The van der Waals surface area contributed by atoms with Crippen molar-refractivity contribution in [1.29, 1.82) is 0 Å². The van der Waals surface area contributed by atoms with Gasteiger partial charge in [-0.05, 0) is 29.3 Å². The summed E-state index contributed by atoms with van der Waals surface area (Å²) >= 11 is 5.03. The highest BCUT2D eigenvalue weighted by Gasteiger charge is 2.15. The fourth-order valence-electron chi connectivity index (χ4n) is 2.09. The number of nitrogens with zero attached hydrogens (tertiary/aromatic N) is 1. The van der Waals surface area contributed by atoms with Crippen LogP contribution in [0.25, 0.3) is 19.8 Å². The van der Waals surface area contributed by atoms with Gasteiger partial charge < -0.3 is 11.5 Å². The second kappa shape index (κ2) is 5.67. The normalized spacial score (nSPS) is 11.1. The Bertz CT molecular complexity index is 822. The number of thioether (sulfide) groups is 1. The van der Waals surface area contributed by atoms with Gasteiger partial charge in [0.05, 0.1) is 10.3 Å². The van der Waals surface area contributed by atoms with Crippen molar-refractivity contribution in [2.75, 3.05) is 12.0 Å². The number of pyridine rings is 1. The van der Waals surface area contributed by atoms with Crippen LogP contribution >= 0.6 is 34.4 Å². The van der Waals surface area contributed by atoms with Gasteiger partial charge in [0.25, 0.3) is 5.91 Å². The van der Waals surface area contributed by atoms with Crippen molar-refractivity contribution >= 4 is 56.2 Å². The van der Waals surface area contributed by atoms with E-state index >= 15 is 0 Å². The van der Waals surface area contributed by atoms with Gasteiger partial charge in [-0.1, -0.05) is 0 Å². The number of hydrogen-bond donors (Lipinski definition) is 2. The summed E-state index contributed by atoms with van der Waals surface area (Å²) in [4.78, 5) is 17.8. The number of carbonyl (C=O) groups is 1. The molecule has 1 amide bonds. The summed E-state index contributed by atoms with van der Waals surface area (Å²) in [6, 6.07) is 4.17. The van der Waals surface area contributed by atoms with Crippen LogP contribution < -0.4 is 11.5 Å². The molecule has 7 heteroatoms. The summed E-state index contributed by atoms with van der Waals surface area (Å²) in [6.07, 6.45) is 3.54. The lowest BCUT2D eigenvalue weighted by Crippen LogP contribution is -2.11. The zero-order valence-electron chi connectivity index (χ0n) is 11.3. The van der Waals surface area contributed by atoms with Crippen LogP contribution in [0.15, 0.2) is 23.7 Å². The Morgan fingerprint density at radius 2 is 2.19 bits per heavy atom. The number of rotatable bonds is 4. The topological polar surface area (TPSA) is 82.0 Å². The number of amides is 1. The van der Waals surface area contributed by atoms with Gasteiger partial charge in [0, 0.05) is 27.1 Å². The molecule has 0 aliphatic rings. The molecule has 3 aromatic rings. The lowest BCUT2D eigenvalue weighted by atomic mass is 10.2. The molecule has 3 aromatic heterocycles. The molecule has 0 bridgehead atoms. The molecular formula is C14H13N3OS3. The van der Waals surface area contributed by atoms with Gasteiger partial charge >= 0.3 is 0 Å². The molecule has 108 valence electrons. The molecule has 0 aliphatic carbocycles. The third-order valence-electron chi connectivity index (χ3n) is 3.06. The van der Waals surface area contributed by atoms with Crippen LogP contribution in [0.3, 0.4) is 0 Å². The standard InChI is InChI=1S/C14H13N3OS3/c1-19-5-7-2-10(20-6-7)11-3-8-12(21-11)9(14(16)18)4-17-13(8)15/h2-4,6H,5H2,1H3,(H2,15,17)(H2,16,18). The first-order valence-corrected chi connectivity index (χ1v) is 9.23. The van der Waals surface area contributed by atoms with E-state index < -0.39 is 5.91 Å². The minimum Gasteiger partial charge on any atom is -0.383 e. The van der Waals surface area contributed by atoms with Crippen molar-refractivity contribution in [2.45, 2.75) is 5.75 Å². The van der Waals surface area contributed by atoms with E-state index in [1.807, 2.05) is 6.07 Å². The highest BCUT2D eigenvalue weighted by atomic mass is 32.2. The Balaban J connectivity index is 2.13. The Kier molecular flexibility index (Phi) is 3.88. The van der Waals surface area contributed by atoms with Gasteiger partial charge in [0.2, 0.25) is 0 Å². The highest BCUT2D eigenvalue weighted by Crippen LogP contribution is 2.39. The Morgan fingerprint density at radius 3 is 2.90 bits per heavy atom. The summed E-state index contributed by atoms with van der Waals surface area (Å²) in [5.41, 5.74) is 13.1. The van der Waals surface area contributed by atoms with Crippen LogP contribution in [0, 0.1) is 0 Å². The predicted molar refractivity (Wildman–Crippen MR) is 93.1 cm³/mol. The van der Waals surface area contributed by atoms with E-state index in [2.05, 4.69) is 22.7 Å². The molecule has 0 unspecified atom stereocenters. The van der Waals surface area contributed by atoms with Crippen molar-refractivity contribution in [3.05, 3.63) is 34.8 Å². The quantitative estimate of drug-likeness (QED) is 0.763. The van der Waals surface area contributed by atoms with Crippen LogP contribution in [0.5, 0.6) is 0 Å². The summed E-state index contributed by atoms with van der Waals surface area (Å²) in [7, 11) is 0. The zero-order chi connectivity index (χ0) is 15.0. The third-order valence-corrected chi connectivity index (χ3v) is 6.02. The Hall–Kier alpha value is -1.57. The smallest absolute Gasteiger partial charge is 0.251 e. The molecule has 0 saturated carbocycles. The molecule has 0 radical (unpaired) electrons. The van der Waals surface area contributed by atoms with Gasteiger partial charge in [-0.25, -0.2) is 4.98 Å². The summed E-state index contributed by atoms with van der Waals surface area (Å²) in [5, 5.41) is 2.96. The second-order valence-corrected chi connectivity index (χ2v) is 7.36. The van der Waals surface area contributed by atoms with Crippen molar-refractivity contribution in [3.63, 3.8) is 0 Å². The molecule has 0 aliphatic heterocycles. The summed E-state index contributed by atoms with van der Waals surface area (Å²) in [6.45, 7) is 0. The van der Waals surface area contributed by atoms with E-state index in [1.54, 1.807) is 23.1 Å². The molecule has 0 saturated heterocycles. The van der Waals surface area contributed by atoms with Crippen LogP contribution in [0.1, 0.15) is 15.9 Å². The zero-order valence-corrected chi connectivity index (χ0v) is 13.7. The number of primary amides is 1. The lowest BCUT2D eigenvalue weighted by Gasteiger charge is -1.99. The lowest BCUT2D eigenvalue weighted by molar-refractivity contribution is 0.100. The van der Waals surface area contributed by atoms with Gasteiger partial charge in [0.15, 0.2) is 0 Å². The van der Waals surface area contributed by atoms with Crippen molar-refractivity contribution < 1.29 is 4.79 Å². The first-order valence-electron chi connectivity index (χ1n) is 6.14. The minimum atomic E-state index is -0.477. The number of nitrogens with two attached hydrogens (primary N) is 2. The average Bonchev–Trinajstić information content (AvgIpc) is 3.05. The molecule has 0 aromatic carbocycles. The minimum absolute atomic E-state index is 0.427. The number of hydrogen-bond acceptors (Lipinski definition) is 6. The number of carbonyl (C=O) groups excluding carboxylic acids is 1. The SMILES string of the molecule is CSCc1csc(-c2cc3c(N)ncc(C(N)=O)c3s2)c1. The summed E-state index contributed by atoms with van der Waals surface area (Å²) in [5.74, 6) is 0.950. The average molecular weight is 335 g/mol. The van der Waals surface area contributed by atoms with Crippen molar-refractivity contribution in [2.24, 2.45) is 5.73 Å². The molecule has 4 nitrogen and oxygen atoms in total. The van der Waals surface area contributed by atoms with E-state index in [0.717, 1.165) is 20.7 Å². The number of thiophene rings is 2. The molecule has 0 fully saturated rings. The van der Waals surface area contributed by atoms with Gasteiger partial charge in [-0.3, -0.25) is 4.79 Å². The third kappa shape index (κ3) is 2.64. The fraction of sp³-hybridized carbons (Fsp3) is 0.143. The number of fused-ring (bicyclic) bond motifs is 1. The maximum absolute atomic E-state index is 11.5. The second-order valence-electron chi connectivity index (χ2n) is 4.53. The number of anilines is 1.